The van der Waals surface area contributed by atoms with Gasteiger partial charge in [-0.2, -0.15) is 0 Å². The van der Waals surface area contributed by atoms with Crippen LogP contribution >= 0.6 is 0 Å². The number of carbonyl (C=O) groups is 2. The molecule has 2 rings (SSSR count). The summed E-state index contributed by atoms with van der Waals surface area (Å²) in [4.78, 5) is 25.7. The molecule has 0 spiro atoms. The van der Waals surface area contributed by atoms with E-state index in [0.29, 0.717) is 25.3 Å². The predicted molar refractivity (Wildman–Crippen MR) is 71.0 cm³/mol. The first kappa shape index (κ1) is 14.5. The van der Waals surface area contributed by atoms with Crippen LogP contribution in [0, 0.1) is 6.92 Å². The third-order valence-corrected chi connectivity index (χ3v) is 3.36. The Morgan fingerprint density at radius 2 is 2.25 bits per heavy atom. The summed E-state index contributed by atoms with van der Waals surface area (Å²) in [6.07, 6.45) is 2.82. The zero-order valence-electron chi connectivity index (χ0n) is 11.9. The van der Waals surface area contributed by atoms with Crippen molar-refractivity contribution >= 4 is 11.8 Å². The molecule has 1 aliphatic heterocycles. The number of aromatic nitrogens is 2. The van der Waals surface area contributed by atoms with E-state index in [1.807, 2.05) is 4.90 Å². The molecule has 0 aliphatic carbocycles. The molecule has 2 heterocycles. The topological polar surface area (TPSA) is 88.3 Å². The molecule has 1 aromatic rings. The van der Waals surface area contributed by atoms with Gasteiger partial charge in [-0.15, -0.1) is 10.2 Å². The summed E-state index contributed by atoms with van der Waals surface area (Å²) in [6, 6.07) is -0.0273. The van der Waals surface area contributed by atoms with Crippen LogP contribution in [-0.4, -0.2) is 46.0 Å². The Labute approximate surface area is 117 Å². The van der Waals surface area contributed by atoms with Crippen LogP contribution in [-0.2, 0) is 4.79 Å². The Hall–Kier alpha value is -1.92. The number of rotatable bonds is 4. The summed E-state index contributed by atoms with van der Waals surface area (Å²) in [5, 5.41) is 10.2. The van der Waals surface area contributed by atoms with E-state index in [-0.39, 0.29) is 23.7 Å². The van der Waals surface area contributed by atoms with Gasteiger partial charge in [0.15, 0.2) is 0 Å². The van der Waals surface area contributed by atoms with Crippen molar-refractivity contribution in [3.8, 4) is 0 Å². The van der Waals surface area contributed by atoms with E-state index in [4.69, 9.17) is 4.42 Å². The molecule has 1 aromatic heterocycles. The van der Waals surface area contributed by atoms with Gasteiger partial charge in [0, 0.05) is 32.5 Å². The molecule has 1 atom stereocenters. The number of nitrogens with zero attached hydrogens (tertiary/aromatic N) is 3. The van der Waals surface area contributed by atoms with E-state index in [1.165, 1.54) is 0 Å². The summed E-state index contributed by atoms with van der Waals surface area (Å²) < 4.78 is 5.09. The number of hydrogen-bond donors (Lipinski definition) is 1. The van der Waals surface area contributed by atoms with Crippen molar-refractivity contribution in [3.05, 3.63) is 11.8 Å². The van der Waals surface area contributed by atoms with E-state index in [9.17, 15) is 9.59 Å². The molecule has 2 amide bonds. The first-order valence-corrected chi connectivity index (χ1v) is 6.99. The summed E-state index contributed by atoms with van der Waals surface area (Å²) in [7, 11) is 0. The van der Waals surface area contributed by atoms with E-state index in [1.54, 1.807) is 6.92 Å². The lowest BCUT2D eigenvalue weighted by Gasteiger charge is -2.20. The van der Waals surface area contributed by atoms with Gasteiger partial charge in [0.1, 0.15) is 0 Å². The standard InChI is InChI=1S/C13H20N4O3/c1-3-7-17-8-6-10(4-5-11(17)18)14-12(19)13-16-15-9(2)20-13/h10H,3-8H2,1-2H3,(H,14,19). The van der Waals surface area contributed by atoms with Gasteiger partial charge in [-0.25, -0.2) is 0 Å². The average Bonchev–Trinajstić information content (AvgIpc) is 2.79. The van der Waals surface area contributed by atoms with Crippen molar-refractivity contribution in [2.24, 2.45) is 0 Å². The van der Waals surface area contributed by atoms with Crippen molar-refractivity contribution < 1.29 is 14.0 Å². The van der Waals surface area contributed by atoms with Gasteiger partial charge in [0.2, 0.25) is 11.8 Å². The molecule has 0 aromatic carbocycles. The molecule has 1 unspecified atom stereocenters. The highest BCUT2D eigenvalue weighted by molar-refractivity contribution is 5.89. The van der Waals surface area contributed by atoms with Gasteiger partial charge in [-0.05, 0) is 19.3 Å². The number of aryl methyl sites for hydroxylation is 1. The van der Waals surface area contributed by atoms with Crippen LogP contribution in [0.3, 0.4) is 0 Å². The molecule has 0 saturated carbocycles. The normalized spacial score (nSPS) is 19.8. The largest absolute Gasteiger partial charge is 0.417 e. The minimum absolute atomic E-state index is 0.0245. The van der Waals surface area contributed by atoms with Crippen molar-refractivity contribution in [1.29, 1.82) is 0 Å². The van der Waals surface area contributed by atoms with E-state index in [2.05, 4.69) is 22.4 Å². The first-order chi connectivity index (χ1) is 9.60. The number of carbonyl (C=O) groups excluding carboxylic acids is 2. The SMILES string of the molecule is CCCN1CCC(NC(=O)c2nnc(C)o2)CCC1=O. The molecular weight excluding hydrogens is 260 g/mol. The Bertz CT molecular complexity index is 486. The molecule has 7 heteroatoms. The fourth-order valence-electron chi connectivity index (χ4n) is 2.32. The minimum Gasteiger partial charge on any atom is -0.417 e. The molecule has 1 aliphatic rings. The highest BCUT2D eigenvalue weighted by Gasteiger charge is 2.24. The number of likely N-dealkylation sites (tertiary alicyclic amines) is 1. The average molecular weight is 280 g/mol. The van der Waals surface area contributed by atoms with E-state index in [0.717, 1.165) is 19.4 Å². The first-order valence-electron chi connectivity index (χ1n) is 6.99. The molecule has 1 fully saturated rings. The van der Waals surface area contributed by atoms with Crippen LogP contribution in [0.5, 0.6) is 0 Å². The molecule has 1 saturated heterocycles. The highest BCUT2D eigenvalue weighted by Crippen LogP contribution is 2.13. The lowest BCUT2D eigenvalue weighted by molar-refractivity contribution is -0.130. The molecule has 20 heavy (non-hydrogen) atoms. The zero-order valence-corrected chi connectivity index (χ0v) is 11.9. The maximum absolute atomic E-state index is 11.9. The fraction of sp³-hybridized carbons (Fsp3) is 0.692. The number of nitrogens with one attached hydrogen (secondary N) is 1. The molecule has 1 N–H and O–H groups in total. The number of amides is 2. The van der Waals surface area contributed by atoms with Crippen LogP contribution in [0.2, 0.25) is 0 Å². The molecule has 0 bridgehead atoms. The second-order valence-electron chi connectivity index (χ2n) is 5.00. The minimum atomic E-state index is -0.369. The van der Waals surface area contributed by atoms with Gasteiger partial charge in [0.25, 0.3) is 0 Å². The van der Waals surface area contributed by atoms with Crippen LogP contribution in [0.15, 0.2) is 4.42 Å². The third-order valence-electron chi connectivity index (χ3n) is 3.36. The van der Waals surface area contributed by atoms with Gasteiger partial charge >= 0.3 is 11.8 Å². The monoisotopic (exact) mass is 280 g/mol. The molecule has 0 radical (unpaired) electrons. The fourth-order valence-corrected chi connectivity index (χ4v) is 2.32. The zero-order chi connectivity index (χ0) is 14.5. The maximum atomic E-state index is 11.9. The van der Waals surface area contributed by atoms with Gasteiger partial charge in [0.05, 0.1) is 0 Å². The number of hydrogen-bond acceptors (Lipinski definition) is 5. The lowest BCUT2D eigenvalue weighted by Crippen LogP contribution is -2.36. The van der Waals surface area contributed by atoms with Gasteiger partial charge in [-0.1, -0.05) is 6.92 Å². The highest BCUT2D eigenvalue weighted by atomic mass is 16.4. The Kier molecular flexibility index (Phi) is 4.70. The molecule has 110 valence electrons. The maximum Gasteiger partial charge on any atom is 0.309 e. The molecule has 7 nitrogen and oxygen atoms in total. The van der Waals surface area contributed by atoms with Crippen molar-refractivity contribution in [3.63, 3.8) is 0 Å². The van der Waals surface area contributed by atoms with Gasteiger partial charge in [-0.3, -0.25) is 9.59 Å². The Balaban J connectivity index is 1.90. The summed E-state index contributed by atoms with van der Waals surface area (Å²) >= 11 is 0. The van der Waals surface area contributed by atoms with Gasteiger partial charge < -0.3 is 14.6 Å². The van der Waals surface area contributed by atoms with Crippen LogP contribution in [0.1, 0.15) is 49.2 Å². The van der Waals surface area contributed by atoms with Crippen LogP contribution in [0.25, 0.3) is 0 Å². The summed E-state index contributed by atoms with van der Waals surface area (Å²) in [5.41, 5.74) is 0. The van der Waals surface area contributed by atoms with Crippen molar-refractivity contribution in [1.82, 2.24) is 20.4 Å². The summed E-state index contributed by atoms with van der Waals surface area (Å²) in [6.45, 7) is 5.15. The Morgan fingerprint density at radius 3 is 2.90 bits per heavy atom. The van der Waals surface area contributed by atoms with E-state index >= 15 is 0 Å². The van der Waals surface area contributed by atoms with Crippen LogP contribution < -0.4 is 5.32 Å². The predicted octanol–water partition coefficient (Wildman–Crippen LogP) is 0.899. The third kappa shape index (κ3) is 3.55. The van der Waals surface area contributed by atoms with Crippen LogP contribution in [0.4, 0.5) is 0 Å². The van der Waals surface area contributed by atoms with Crippen molar-refractivity contribution in [2.45, 2.75) is 45.6 Å². The Morgan fingerprint density at radius 1 is 1.45 bits per heavy atom. The second-order valence-corrected chi connectivity index (χ2v) is 5.00. The van der Waals surface area contributed by atoms with Crippen molar-refractivity contribution in [2.75, 3.05) is 13.1 Å². The summed E-state index contributed by atoms with van der Waals surface area (Å²) in [5.74, 6) is 0.132. The lowest BCUT2D eigenvalue weighted by atomic mass is 10.1. The molecular formula is C13H20N4O3. The second kappa shape index (κ2) is 6.49. The quantitative estimate of drug-likeness (QED) is 0.885. The smallest absolute Gasteiger partial charge is 0.309 e. The van der Waals surface area contributed by atoms with E-state index < -0.39 is 0 Å².